The van der Waals surface area contributed by atoms with Crippen molar-refractivity contribution < 1.29 is 9.59 Å². The molecule has 2 N–H and O–H groups in total. The van der Waals surface area contributed by atoms with E-state index >= 15 is 0 Å². The summed E-state index contributed by atoms with van der Waals surface area (Å²) in [5, 5.41) is 6.00. The molecule has 0 atom stereocenters. The topological polar surface area (TPSA) is 64.7 Å². The molecule has 0 aromatic rings. The molecule has 0 unspecified atom stereocenters. The van der Waals surface area contributed by atoms with Crippen LogP contribution in [0.4, 0.5) is 4.79 Å². The van der Waals surface area contributed by atoms with Crippen molar-refractivity contribution in [1.29, 1.82) is 0 Å². The minimum Gasteiger partial charge on any atom is -0.338 e. The van der Waals surface area contributed by atoms with E-state index in [0.717, 1.165) is 12.8 Å². The van der Waals surface area contributed by atoms with Gasteiger partial charge in [-0.15, -0.1) is 12.4 Å². The zero-order valence-electron chi connectivity index (χ0n) is 12.8. The fraction of sp³-hybridized carbons (Fsp3) is 0.857. The average Bonchev–Trinajstić information content (AvgIpc) is 2.48. The summed E-state index contributed by atoms with van der Waals surface area (Å²) in [4.78, 5) is 27.6. The molecule has 3 amide bonds. The molecule has 1 aliphatic heterocycles. The summed E-state index contributed by atoms with van der Waals surface area (Å²) in [5.74, 6) is 0.111. The summed E-state index contributed by atoms with van der Waals surface area (Å²) in [5.41, 5.74) is 0. The molecule has 0 spiro atoms. The molecular formula is C14H27ClN4O2. The minimum atomic E-state index is 0. The second-order valence-corrected chi connectivity index (χ2v) is 5.68. The van der Waals surface area contributed by atoms with E-state index in [-0.39, 0.29) is 24.3 Å². The van der Waals surface area contributed by atoms with Gasteiger partial charge >= 0.3 is 6.03 Å². The van der Waals surface area contributed by atoms with Crippen LogP contribution in [0.1, 0.15) is 32.1 Å². The Morgan fingerprint density at radius 3 is 2.14 bits per heavy atom. The monoisotopic (exact) mass is 318 g/mol. The quantitative estimate of drug-likeness (QED) is 0.809. The highest BCUT2D eigenvalue weighted by atomic mass is 35.5. The molecular weight excluding hydrogens is 292 g/mol. The summed E-state index contributed by atoms with van der Waals surface area (Å²) in [6.07, 6.45) is 5.94. The van der Waals surface area contributed by atoms with E-state index in [0.29, 0.717) is 38.8 Å². The first kappa shape index (κ1) is 18.0. The number of piperazine rings is 1. The van der Waals surface area contributed by atoms with Gasteiger partial charge in [0.15, 0.2) is 0 Å². The molecule has 2 fully saturated rings. The molecule has 1 saturated carbocycles. The van der Waals surface area contributed by atoms with Crippen LogP contribution in [0.3, 0.4) is 0 Å². The summed E-state index contributed by atoms with van der Waals surface area (Å²) in [6.45, 7) is 2.91. The zero-order chi connectivity index (χ0) is 14.4. The summed E-state index contributed by atoms with van der Waals surface area (Å²) >= 11 is 0. The molecule has 0 bridgehead atoms. The number of likely N-dealkylation sites (N-methyl/N-ethyl adjacent to an activating group) is 1. The molecule has 21 heavy (non-hydrogen) atoms. The van der Waals surface area contributed by atoms with Crippen molar-refractivity contribution >= 4 is 24.3 Å². The van der Waals surface area contributed by atoms with E-state index in [1.807, 2.05) is 9.80 Å². The van der Waals surface area contributed by atoms with Crippen molar-refractivity contribution in [2.24, 2.45) is 0 Å². The van der Waals surface area contributed by atoms with Gasteiger partial charge in [-0.05, 0) is 19.9 Å². The third-order valence-corrected chi connectivity index (χ3v) is 4.18. The Morgan fingerprint density at radius 2 is 1.57 bits per heavy atom. The predicted molar refractivity (Wildman–Crippen MR) is 84.7 cm³/mol. The van der Waals surface area contributed by atoms with Gasteiger partial charge in [0.2, 0.25) is 5.91 Å². The van der Waals surface area contributed by atoms with Crippen molar-refractivity contribution in [1.82, 2.24) is 20.4 Å². The Labute approximate surface area is 133 Å². The number of rotatable bonds is 3. The fourth-order valence-corrected chi connectivity index (χ4v) is 2.93. The van der Waals surface area contributed by atoms with Crippen molar-refractivity contribution in [3.63, 3.8) is 0 Å². The highest BCUT2D eigenvalue weighted by molar-refractivity contribution is 5.85. The van der Waals surface area contributed by atoms with Gasteiger partial charge in [0, 0.05) is 32.2 Å². The lowest BCUT2D eigenvalue weighted by atomic mass is 9.96. The Balaban J connectivity index is 0.00000220. The maximum atomic E-state index is 12.2. The first-order valence-corrected chi connectivity index (χ1v) is 7.68. The Hall–Kier alpha value is -1.01. The predicted octanol–water partition coefficient (Wildman–Crippen LogP) is 0.814. The zero-order valence-corrected chi connectivity index (χ0v) is 13.6. The van der Waals surface area contributed by atoms with Crippen LogP contribution in [0, 0.1) is 0 Å². The van der Waals surface area contributed by atoms with Crippen LogP contribution < -0.4 is 10.6 Å². The smallest absolute Gasteiger partial charge is 0.317 e. The summed E-state index contributed by atoms with van der Waals surface area (Å²) in [7, 11) is 1.77. The van der Waals surface area contributed by atoms with Crippen LogP contribution >= 0.6 is 12.4 Å². The molecule has 122 valence electrons. The fourth-order valence-electron chi connectivity index (χ4n) is 2.93. The Morgan fingerprint density at radius 1 is 1.00 bits per heavy atom. The van der Waals surface area contributed by atoms with E-state index in [1.165, 1.54) is 19.3 Å². The standard InChI is InChI=1S/C14H26N4O2.ClH/c1-15-11-13(19)17-7-9-18(10-8-17)14(20)16-12-5-3-2-4-6-12;/h12,15H,2-11H2,1H3,(H,16,20);1H. The normalized spacial score (nSPS) is 19.9. The second kappa shape index (κ2) is 9.10. The van der Waals surface area contributed by atoms with Gasteiger partial charge < -0.3 is 20.4 Å². The molecule has 1 aliphatic carbocycles. The van der Waals surface area contributed by atoms with Crippen LogP contribution in [-0.2, 0) is 4.79 Å². The molecule has 1 heterocycles. The largest absolute Gasteiger partial charge is 0.338 e. The van der Waals surface area contributed by atoms with Gasteiger partial charge in [-0.3, -0.25) is 4.79 Å². The van der Waals surface area contributed by atoms with E-state index in [4.69, 9.17) is 0 Å². The maximum absolute atomic E-state index is 12.2. The average molecular weight is 319 g/mol. The van der Waals surface area contributed by atoms with Crippen LogP contribution in [0.2, 0.25) is 0 Å². The molecule has 0 aromatic heterocycles. The first-order valence-electron chi connectivity index (χ1n) is 7.68. The van der Waals surface area contributed by atoms with E-state index in [9.17, 15) is 9.59 Å². The van der Waals surface area contributed by atoms with Gasteiger partial charge in [-0.25, -0.2) is 4.79 Å². The summed E-state index contributed by atoms with van der Waals surface area (Å²) in [6, 6.07) is 0.387. The number of amides is 3. The molecule has 2 aliphatic rings. The molecule has 1 saturated heterocycles. The maximum Gasteiger partial charge on any atom is 0.317 e. The second-order valence-electron chi connectivity index (χ2n) is 5.68. The van der Waals surface area contributed by atoms with E-state index < -0.39 is 0 Å². The van der Waals surface area contributed by atoms with Crippen LogP contribution in [-0.4, -0.2) is 67.6 Å². The van der Waals surface area contributed by atoms with Crippen molar-refractivity contribution in [2.45, 2.75) is 38.1 Å². The molecule has 6 nitrogen and oxygen atoms in total. The van der Waals surface area contributed by atoms with Crippen molar-refractivity contribution in [3.8, 4) is 0 Å². The number of hydrogen-bond donors (Lipinski definition) is 2. The lowest BCUT2D eigenvalue weighted by Gasteiger charge is -2.36. The number of nitrogens with zero attached hydrogens (tertiary/aromatic N) is 2. The third-order valence-electron chi connectivity index (χ3n) is 4.18. The molecule has 0 radical (unpaired) electrons. The number of hydrogen-bond acceptors (Lipinski definition) is 3. The van der Waals surface area contributed by atoms with Gasteiger partial charge in [0.25, 0.3) is 0 Å². The highest BCUT2D eigenvalue weighted by Crippen LogP contribution is 2.17. The van der Waals surface area contributed by atoms with E-state index in [1.54, 1.807) is 7.05 Å². The van der Waals surface area contributed by atoms with Crippen molar-refractivity contribution in [2.75, 3.05) is 39.8 Å². The SMILES string of the molecule is CNCC(=O)N1CCN(C(=O)NC2CCCCC2)CC1.Cl. The lowest BCUT2D eigenvalue weighted by molar-refractivity contribution is -0.131. The van der Waals surface area contributed by atoms with Crippen LogP contribution in [0.25, 0.3) is 0 Å². The third kappa shape index (κ3) is 5.36. The van der Waals surface area contributed by atoms with Gasteiger partial charge in [-0.2, -0.15) is 0 Å². The van der Waals surface area contributed by atoms with Gasteiger partial charge in [0.1, 0.15) is 0 Å². The number of carbonyl (C=O) groups excluding carboxylic acids is 2. The van der Waals surface area contributed by atoms with Crippen LogP contribution in [0.5, 0.6) is 0 Å². The molecule has 7 heteroatoms. The number of carbonyl (C=O) groups is 2. The Kier molecular flexibility index (Phi) is 7.82. The molecule has 2 rings (SSSR count). The number of halogens is 1. The first-order chi connectivity index (χ1) is 9.70. The summed E-state index contributed by atoms with van der Waals surface area (Å²) < 4.78 is 0. The van der Waals surface area contributed by atoms with Crippen LogP contribution in [0.15, 0.2) is 0 Å². The Bertz CT molecular complexity index is 340. The highest BCUT2D eigenvalue weighted by Gasteiger charge is 2.25. The molecule has 0 aromatic carbocycles. The number of urea groups is 1. The number of nitrogens with one attached hydrogen (secondary N) is 2. The van der Waals surface area contributed by atoms with Crippen molar-refractivity contribution in [3.05, 3.63) is 0 Å². The van der Waals surface area contributed by atoms with E-state index in [2.05, 4.69) is 10.6 Å². The minimum absolute atomic E-state index is 0. The lowest BCUT2D eigenvalue weighted by Crippen LogP contribution is -2.55. The van der Waals surface area contributed by atoms with Gasteiger partial charge in [-0.1, -0.05) is 19.3 Å². The van der Waals surface area contributed by atoms with Gasteiger partial charge in [0.05, 0.1) is 6.54 Å².